The fourth-order valence-corrected chi connectivity index (χ4v) is 2.65. The van der Waals surface area contributed by atoms with Gasteiger partial charge < -0.3 is 0 Å². The summed E-state index contributed by atoms with van der Waals surface area (Å²) in [5, 5.41) is 0. The van der Waals surface area contributed by atoms with Crippen LogP contribution in [0.3, 0.4) is 0 Å². The van der Waals surface area contributed by atoms with Crippen LogP contribution in [-0.4, -0.2) is 0 Å². The van der Waals surface area contributed by atoms with Crippen LogP contribution in [0.5, 0.6) is 0 Å². The molecule has 124 valence electrons. The maximum absolute atomic E-state index is 2.37. The molecule has 0 N–H and O–H groups in total. The largest absolute Gasteiger partial charge is 0.0683 e. The van der Waals surface area contributed by atoms with E-state index < -0.39 is 0 Å². The van der Waals surface area contributed by atoms with Crippen molar-refractivity contribution in [1.29, 1.82) is 0 Å². The van der Waals surface area contributed by atoms with E-state index in [1.54, 1.807) is 16.7 Å². The van der Waals surface area contributed by atoms with Gasteiger partial charge in [0.05, 0.1) is 0 Å². The number of aryl methyl sites for hydroxylation is 1. The molecule has 0 heteroatoms. The van der Waals surface area contributed by atoms with Crippen molar-refractivity contribution in [2.45, 2.75) is 100 Å². The Kier molecular flexibility index (Phi) is 15.2. The van der Waals surface area contributed by atoms with E-state index in [0.29, 0.717) is 5.92 Å². The van der Waals surface area contributed by atoms with E-state index in [9.17, 15) is 0 Å². The molecule has 0 saturated heterocycles. The number of hydrogen-bond acceptors (Lipinski definition) is 0. The summed E-state index contributed by atoms with van der Waals surface area (Å²) in [5.41, 5.74) is 6.38. The van der Waals surface area contributed by atoms with E-state index in [2.05, 4.69) is 46.8 Å². The quantitative estimate of drug-likeness (QED) is 0.510. The third kappa shape index (κ3) is 7.16. The van der Waals surface area contributed by atoms with Gasteiger partial charge in [0.15, 0.2) is 0 Å². The van der Waals surface area contributed by atoms with Gasteiger partial charge in [0.25, 0.3) is 0 Å². The highest BCUT2D eigenvalue weighted by Gasteiger charge is 2.13. The van der Waals surface area contributed by atoms with Crippen molar-refractivity contribution in [3.8, 4) is 0 Å². The lowest BCUT2D eigenvalue weighted by Crippen LogP contribution is -2.05. The average Bonchev–Trinajstić information content (AvgIpc) is 2.54. The van der Waals surface area contributed by atoms with Gasteiger partial charge in [0.1, 0.15) is 0 Å². The molecule has 0 saturated carbocycles. The Labute approximate surface area is 135 Å². The van der Waals surface area contributed by atoms with Gasteiger partial charge in [0.2, 0.25) is 0 Å². The van der Waals surface area contributed by atoms with Crippen molar-refractivity contribution in [3.63, 3.8) is 0 Å². The zero-order valence-electron chi connectivity index (χ0n) is 16.3. The monoisotopic (exact) mass is 292 g/mol. The van der Waals surface area contributed by atoms with Gasteiger partial charge in [-0.15, -0.1) is 0 Å². The molecule has 0 bridgehead atoms. The van der Waals surface area contributed by atoms with Crippen molar-refractivity contribution in [2.24, 2.45) is 0 Å². The molecule has 0 fully saturated rings. The van der Waals surface area contributed by atoms with E-state index in [0.717, 1.165) is 0 Å². The van der Waals surface area contributed by atoms with E-state index in [4.69, 9.17) is 0 Å². The van der Waals surface area contributed by atoms with Crippen molar-refractivity contribution >= 4 is 0 Å². The Bertz CT molecular complexity index is 349. The average molecular weight is 293 g/mol. The molecular weight excluding hydrogens is 252 g/mol. The SMILES string of the molecule is CC.CC.CCCc1c(C)ccc(C(C)CC)c1CCC. The second-order valence-electron chi connectivity index (χ2n) is 5.24. The molecular formula is C21H40. The Morgan fingerprint density at radius 2 is 1.29 bits per heavy atom. The summed E-state index contributed by atoms with van der Waals surface area (Å²) in [7, 11) is 0. The van der Waals surface area contributed by atoms with Crippen LogP contribution in [0.15, 0.2) is 12.1 Å². The Balaban J connectivity index is 0. The van der Waals surface area contributed by atoms with E-state index in [1.165, 1.54) is 37.7 Å². The summed E-state index contributed by atoms with van der Waals surface area (Å²) in [6, 6.07) is 4.69. The lowest BCUT2D eigenvalue weighted by atomic mass is 9.85. The third-order valence-electron chi connectivity index (χ3n) is 3.84. The first-order valence-electron chi connectivity index (χ1n) is 9.26. The van der Waals surface area contributed by atoms with Crippen LogP contribution in [0.2, 0.25) is 0 Å². The van der Waals surface area contributed by atoms with Crippen LogP contribution in [0.1, 0.15) is 103 Å². The fourth-order valence-electron chi connectivity index (χ4n) is 2.65. The second-order valence-corrected chi connectivity index (χ2v) is 5.24. The molecule has 0 nitrogen and oxygen atoms in total. The molecule has 1 aromatic carbocycles. The topological polar surface area (TPSA) is 0 Å². The molecule has 0 aliphatic carbocycles. The minimum absolute atomic E-state index is 0.702. The molecule has 0 spiro atoms. The molecule has 21 heavy (non-hydrogen) atoms. The number of rotatable bonds is 6. The van der Waals surface area contributed by atoms with Crippen molar-refractivity contribution in [1.82, 2.24) is 0 Å². The Morgan fingerprint density at radius 3 is 1.71 bits per heavy atom. The Hall–Kier alpha value is -0.780. The minimum atomic E-state index is 0.702. The summed E-state index contributed by atoms with van der Waals surface area (Å²) < 4.78 is 0. The predicted molar refractivity (Wildman–Crippen MR) is 101 cm³/mol. The molecule has 1 atom stereocenters. The van der Waals surface area contributed by atoms with Gasteiger partial charge in [-0.2, -0.15) is 0 Å². The van der Waals surface area contributed by atoms with Crippen LogP contribution in [0.25, 0.3) is 0 Å². The molecule has 0 heterocycles. The van der Waals surface area contributed by atoms with Gasteiger partial charge >= 0.3 is 0 Å². The highest BCUT2D eigenvalue weighted by molar-refractivity contribution is 5.42. The van der Waals surface area contributed by atoms with Crippen molar-refractivity contribution < 1.29 is 0 Å². The predicted octanol–water partition coefficient (Wildman–Crippen LogP) is 7.47. The molecule has 0 amide bonds. The first kappa shape index (κ1) is 22.5. The summed E-state index contributed by atoms with van der Waals surface area (Å²) in [6.07, 6.45) is 6.23. The highest BCUT2D eigenvalue weighted by Crippen LogP contribution is 2.29. The number of hydrogen-bond donors (Lipinski definition) is 0. The zero-order chi connectivity index (χ0) is 16.8. The summed E-state index contributed by atoms with van der Waals surface area (Å²) in [4.78, 5) is 0. The van der Waals surface area contributed by atoms with Gasteiger partial charge in [-0.05, 0) is 54.4 Å². The molecule has 0 aliphatic heterocycles. The molecule has 0 aromatic heterocycles. The first-order valence-corrected chi connectivity index (χ1v) is 9.26. The fraction of sp³-hybridized carbons (Fsp3) is 0.714. The third-order valence-corrected chi connectivity index (χ3v) is 3.84. The smallest absolute Gasteiger partial charge is 0.0190 e. The first-order chi connectivity index (χ1) is 10.2. The zero-order valence-corrected chi connectivity index (χ0v) is 16.3. The van der Waals surface area contributed by atoms with Crippen molar-refractivity contribution in [3.05, 3.63) is 34.4 Å². The molecule has 1 rings (SSSR count). The normalized spacial score (nSPS) is 10.9. The lowest BCUT2D eigenvalue weighted by molar-refractivity contribution is 0.711. The number of benzene rings is 1. The van der Waals surface area contributed by atoms with Gasteiger partial charge in [-0.3, -0.25) is 0 Å². The molecule has 0 radical (unpaired) electrons. The molecule has 1 unspecified atom stereocenters. The van der Waals surface area contributed by atoms with Crippen LogP contribution in [-0.2, 0) is 12.8 Å². The Morgan fingerprint density at radius 1 is 0.810 bits per heavy atom. The van der Waals surface area contributed by atoms with E-state index in [-0.39, 0.29) is 0 Å². The van der Waals surface area contributed by atoms with Crippen molar-refractivity contribution in [2.75, 3.05) is 0 Å². The maximum atomic E-state index is 2.37. The van der Waals surface area contributed by atoms with Crippen LogP contribution in [0.4, 0.5) is 0 Å². The van der Waals surface area contributed by atoms with Crippen LogP contribution < -0.4 is 0 Å². The lowest BCUT2D eigenvalue weighted by Gasteiger charge is -2.20. The molecule has 1 aromatic rings. The second kappa shape index (κ2) is 14.2. The minimum Gasteiger partial charge on any atom is -0.0683 e. The highest BCUT2D eigenvalue weighted by atomic mass is 14.2. The summed E-state index contributed by atoms with van der Waals surface area (Å²) in [5.74, 6) is 0.702. The maximum Gasteiger partial charge on any atom is -0.0190 e. The summed E-state index contributed by atoms with van der Waals surface area (Å²) in [6.45, 7) is 19.5. The van der Waals surface area contributed by atoms with Gasteiger partial charge in [-0.25, -0.2) is 0 Å². The standard InChI is InChI=1S/C17H28.2C2H6/c1-6-9-15-14(5)11-12-16(13(4)8-3)17(15)10-7-2;2*1-2/h11-13H,6-10H2,1-5H3;2*1-2H3. The van der Waals surface area contributed by atoms with E-state index >= 15 is 0 Å². The van der Waals surface area contributed by atoms with Gasteiger partial charge in [-0.1, -0.05) is 80.4 Å². The van der Waals surface area contributed by atoms with E-state index in [1.807, 2.05) is 27.7 Å². The van der Waals surface area contributed by atoms with Crippen LogP contribution >= 0.6 is 0 Å². The summed E-state index contributed by atoms with van der Waals surface area (Å²) >= 11 is 0. The molecule has 0 aliphatic rings. The van der Waals surface area contributed by atoms with Gasteiger partial charge in [0, 0.05) is 0 Å². The van der Waals surface area contributed by atoms with Crippen LogP contribution in [0, 0.1) is 6.92 Å².